The number of esters is 1. The van der Waals surface area contributed by atoms with E-state index >= 15 is 0 Å². The summed E-state index contributed by atoms with van der Waals surface area (Å²) in [6, 6.07) is 14.8. The summed E-state index contributed by atoms with van der Waals surface area (Å²) in [4.78, 5) is 28.5. The van der Waals surface area contributed by atoms with E-state index in [0.29, 0.717) is 23.6 Å². The van der Waals surface area contributed by atoms with Gasteiger partial charge in [-0.2, -0.15) is 0 Å². The van der Waals surface area contributed by atoms with Crippen LogP contribution in [0.1, 0.15) is 28.5 Å². The van der Waals surface area contributed by atoms with Gasteiger partial charge in [-0.15, -0.1) is 11.3 Å². The number of benzene rings is 2. The summed E-state index contributed by atoms with van der Waals surface area (Å²) < 4.78 is 10.5. The molecule has 150 valence electrons. The first-order chi connectivity index (χ1) is 14.0. The fraction of sp³-hybridized carbons (Fsp3) is 0.227. The molecule has 0 fully saturated rings. The van der Waals surface area contributed by atoms with Gasteiger partial charge in [-0.25, -0.2) is 4.98 Å². The van der Waals surface area contributed by atoms with Crippen LogP contribution in [-0.2, 0) is 16.1 Å². The summed E-state index contributed by atoms with van der Waals surface area (Å²) in [6.07, 6.45) is 0. The van der Waals surface area contributed by atoms with Gasteiger partial charge in [-0.3, -0.25) is 9.59 Å². The molecule has 0 aliphatic rings. The van der Waals surface area contributed by atoms with E-state index in [-0.39, 0.29) is 19.1 Å². The number of nitrogens with one attached hydrogen (secondary N) is 1. The number of carbonyl (C=O) groups excluding carboxylic acids is 2. The van der Waals surface area contributed by atoms with Gasteiger partial charge < -0.3 is 14.8 Å². The Hall–Kier alpha value is -3.19. The summed E-state index contributed by atoms with van der Waals surface area (Å²) in [5.74, 6) is -0.175. The van der Waals surface area contributed by atoms with Crippen molar-refractivity contribution >= 4 is 23.2 Å². The number of aryl methyl sites for hydroxylation is 1. The van der Waals surface area contributed by atoms with Crippen molar-refractivity contribution < 1.29 is 19.1 Å². The largest absolute Gasteiger partial charge is 0.494 e. The fourth-order valence-electron chi connectivity index (χ4n) is 2.53. The molecule has 1 heterocycles. The number of ether oxygens (including phenoxy) is 2. The molecule has 0 aliphatic carbocycles. The van der Waals surface area contributed by atoms with Crippen molar-refractivity contribution in [2.75, 3.05) is 13.2 Å². The molecule has 1 aromatic heterocycles. The molecule has 0 saturated carbocycles. The van der Waals surface area contributed by atoms with Crippen LogP contribution in [0, 0.1) is 6.92 Å². The van der Waals surface area contributed by atoms with Gasteiger partial charge in [-0.05, 0) is 38.1 Å². The maximum absolute atomic E-state index is 12.1. The Kier molecular flexibility index (Phi) is 6.97. The lowest BCUT2D eigenvalue weighted by molar-refractivity contribution is -0.143. The molecule has 2 aromatic carbocycles. The quantitative estimate of drug-likeness (QED) is 0.568. The molecule has 0 radical (unpaired) electrons. The molecule has 6 nitrogen and oxygen atoms in total. The third kappa shape index (κ3) is 5.89. The Balaban J connectivity index is 1.45. The minimum atomic E-state index is -0.519. The molecule has 3 aromatic rings. The standard InChI is InChI=1S/C22H22N2O4S/c1-3-27-19-10-8-16(9-11-19)21(26)23-12-20(25)28-13-18-14-29-22(24-18)17-6-4-15(2)5-7-17/h4-11,14H,3,12-13H2,1-2H3,(H,23,26). The van der Waals surface area contributed by atoms with Gasteiger partial charge in [0.15, 0.2) is 0 Å². The summed E-state index contributed by atoms with van der Waals surface area (Å²) >= 11 is 1.50. The molecule has 29 heavy (non-hydrogen) atoms. The smallest absolute Gasteiger partial charge is 0.325 e. The number of thiazole rings is 1. The predicted octanol–water partition coefficient (Wildman–Crippen LogP) is 3.99. The zero-order valence-electron chi connectivity index (χ0n) is 16.3. The molecule has 1 N–H and O–H groups in total. The normalized spacial score (nSPS) is 10.4. The molecule has 0 aliphatic heterocycles. The molecular formula is C22H22N2O4S. The Morgan fingerprint density at radius 3 is 2.48 bits per heavy atom. The minimum absolute atomic E-state index is 0.0696. The highest BCUT2D eigenvalue weighted by molar-refractivity contribution is 7.13. The number of hydrogen-bond donors (Lipinski definition) is 1. The summed E-state index contributed by atoms with van der Waals surface area (Å²) in [5, 5.41) is 5.29. The maximum atomic E-state index is 12.1. The van der Waals surface area contributed by atoms with E-state index in [1.54, 1.807) is 24.3 Å². The minimum Gasteiger partial charge on any atom is -0.494 e. The van der Waals surface area contributed by atoms with Crippen LogP contribution >= 0.6 is 11.3 Å². The Bertz CT molecular complexity index is 965. The lowest BCUT2D eigenvalue weighted by atomic mass is 10.2. The fourth-order valence-corrected chi connectivity index (χ4v) is 3.34. The summed E-state index contributed by atoms with van der Waals surface area (Å²) in [7, 11) is 0. The van der Waals surface area contributed by atoms with Gasteiger partial charge in [0.2, 0.25) is 0 Å². The zero-order chi connectivity index (χ0) is 20.6. The predicted molar refractivity (Wildman–Crippen MR) is 112 cm³/mol. The van der Waals surface area contributed by atoms with Gasteiger partial charge in [0.25, 0.3) is 5.91 Å². The number of carbonyl (C=O) groups is 2. The molecule has 0 spiro atoms. The Morgan fingerprint density at radius 2 is 1.79 bits per heavy atom. The zero-order valence-corrected chi connectivity index (χ0v) is 17.1. The van der Waals surface area contributed by atoms with Crippen LogP contribution in [0.3, 0.4) is 0 Å². The van der Waals surface area contributed by atoms with Crippen LogP contribution in [0.25, 0.3) is 10.6 Å². The molecule has 0 unspecified atom stereocenters. The van der Waals surface area contributed by atoms with Crippen LogP contribution in [0.2, 0.25) is 0 Å². The van der Waals surface area contributed by atoms with E-state index < -0.39 is 5.97 Å². The van der Waals surface area contributed by atoms with Crippen LogP contribution in [-0.4, -0.2) is 30.0 Å². The Labute approximate surface area is 173 Å². The summed E-state index contributed by atoms with van der Waals surface area (Å²) in [6.45, 7) is 4.34. The first-order valence-electron chi connectivity index (χ1n) is 9.23. The van der Waals surface area contributed by atoms with Crippen molar-refractivity contribution in [3.8, 4) is 16.3 Å². The number of nitrogens with zero attached hydrogens (tertiary/aromatic N) is 1. The van der Waals surface area contributed by atoms with Crippen molar-refractivity contribution in [1.82, 2.24) is 10.3 Å². The number of rotatable bonds is 8. The lowest BCUT2D eigenvalue weighted by Gasteiger charge is -2.07. The van der Waals surface area contributed by atoms with Crippen molar-refractivity contribution in [2.24, 2.45) is 0 Å². The van der Waals surface area contributed by atoms with Crippen LogP contribution in [0.15, 0.2) is 53.9 Å². The van der Waals surface area contributed by atoms with Crippen molar-refractivity contribution in [1.29, 1.82) is 0 Å². The second-order valence-electron chi connectivity index (χ2n) is 6.31. The molecule has 1 amide bonds. The third-order valence-corrected chi connectivity index (χ3v) is 4.99. The average molecular weight is 410 g/mol. The molecular weight excluding hydrogens is 388 g/mol. The molecule has 0 bridgehead atoms. The van der Waals surface area contributed by atoms with Crippen LogP contribution in [0.5, 0.6) is 5.75 Å². The van der Waals surface area contributed by atoms with Crippen LogP contribution < -0.4 is 10.1 Å². The van der Waals surface area contributed by atoms with Gasteiger partial charge in [0.05, 0.1) is 12.3 Å². The van der Waals surface area contributed by atoms with E-state index in [9.17, 15) is 9.59 Å². The van der Waals surface area contributed by atoms with E-state index in [1.165, 1.54) is 16.9 Å². The topological polar surface area (TPSA) is 77.5 Å². The van der Waals surface area contributed by atoms with Crippen LogP contribution in [0.4, 0.5) is 0 Å². The summed E-state index contributed by atoms with van der Waals surface area (Å²) in [5.41, 5.74) is 3.34. The molecule has 3 rings (SSSR count). The van der Waals surface area contributed by atoms with E-state index in [2.05, 4.69) is 10.3 Å². The van der Waals surface area contributed by atoms with Crippen molar-refractivity contribution in [3.05, 3.63) is 70.7 Å². The van der Waals surface area contributed by atoms with Crippen molar-refractivity contribution in [3.63, 3.8) is 0 Å². The monoisotopic (exact) mass is 410 g/mol. The Morgan fingerprint density at radius 1 is 1.07 bits per heavy atom. The highest BCUT2D eigenvalue weighted by atomic mass is 32.1. The number of amides is 1. The van der Waals surface area contributed by atoms with Gasteiger partial charge >= 0.3 is 5.97 Å². The molecule has 0 saturated heterocycles. The maximum Gasteiger partial charge on any atom is 0.325 e. The van der Waals surface area contributed by atoms with Crippen molar-refractivity contribution in [2.45, 2.75) is 20.5 Å². The number of aromatic nitrogens is 1. The second-order valence-corrected chi connectivity index (χ2v) is 7.17. The highest BCUT2D eigenvalue weighted by Crippen LogP contribution is 2.24. The molecule has 0 atom stereocenters. The first-order valence-corrected chi connectivity index (χ1v) is 10.1. The van der Waals surface area contributed by atoms with E-state index in [0.717, 1.165) is 10.6 Å². The van der Waals surface area contributed by atoms with Gasteiger partial charge in [0, 0.05) is 16.5 Å². The molecule has 7 heteroatoms. The average Bonchev–Trinajstić information content (AvgIpc) is 3.21. The van der Waals surface area contributed by atoms with E-state index in [4.69, 9.17) is 9.47 Å². The number of hydrogen-bond acceptors (Lipinski definition) is 6. The highest BCUT2D eigenvalue weighted by Gasteiger charge is 2.11. The third-order valence-electron chi connectivity index (χ3n) is 4.05. The SMILES string of the molecule is CCOc1ccc(C(=O)NCC(=O)OCc2csc(-c3ccc(C)cc3)n2)cc1. The van der Waals surface area contributed by atoms with E-state index in [1.807, 2.05) is 43.5 Å². The van der Waals surface area contributed by atoms with Gasteiger partial charge in [-0.1, -0.05) is 29.8 Å². The second kappa shape index (κ2) is 9.84. The first kappa shape index (κ1) is 20.5. The van der Waals surface area contributed by atoms with Gasteiger partial charge in [0.1, 0.15) is 23.9 Å². The lowest BCUT2D eigenvalue weighted by Crippen LogP contribution is -2.30.